The van der Waals surface area contributed by atoms with Crippen LogP contribution < -0.4 is 5.84 Å². The molecule has 0 saturated heterocycles. The minimum atomic E-state index is -0.335. The fraction of sp³-hybridized carbons (Fsp3) is 0.143. The third-order valence-corrected chi connectivity index (χ3v) is 6.13. The summed E-state index contributed by atoms with van der Waals surface area (Å²) in [7, 11) is 0. The van der Waals surface area contributed by atoms with Crippen LogP contribution in [0.1, 0.15) is 23.8 Å². The number of hydrogen-bond acceptors (Lipinski definition) is 8. The van der Waals surface area contributed by atoms with Crippen molar-refractivity contribution in [2.24, 2.45) is 5.10 Å². The lowest BCUT2D eigenvalue weighted by Crippen LogP contribution is -2.28. The maximum atomic E-state index is 13.1. The summed E-state index contributed by atoms with van der Waals surface area (Å²) in [6, 6.07) is 14.1. The number of rotatable bonds is 6. The fourth-order valence-electron chi connectivity index (χ4n) is 3.40. The predicted octanol–water partition coefficient (Wildman–Crippen LogP) is 3.97. The van der Waals surface area contributed by atoms with E-state index in [4.69, 9.17) is 26.3 Å². The topological polar surface area (TPSA) is 116 Å². The molecule has 5 rings (SSSR count). The first kappa shape index (κ1) is 20.4. The molecule has 9 nitrogen and oxygen atoms in total. The average molecular weight is 469 g/mol. The number of hydrogen-bond donors (Lipinski definition) is 1. The summed E-state index contributed by atoms with van der Waals surface area (Å²) in [5.41, 5.74) is 1.68. The van der Waals surface area contributed by atoms with E-state index in [0.717, 1.165) is 11.3 Å². The Morgan fingerprint density at radius 1 is 1.12 bits per heavy atom. The second-order valence-corrected chi connectivity index (χ2v) is 8.35. The minimum absolute atomic E-state index is 0.0715. The van der Waals surface area contributed by atoms with E-state index in [-0.39, 0.29) is 17.7 Å². The van der Waals surface area contributed by atoms with E-state index in [0.29, 0.717) is 33.9 Å². The number of amides is 1. The van der Waals surface area contributed by atoms with Crippen LogP contribution in [0.5, 0.6) is 0 Å². The molecule has 0 spiro atoms. The monoisotopic (exact) mass is 468 g/mol. The lowest BCUT2D eigenvalue weighted by molar-refractivity contribution is -0.130. The predicted molar refractivity (Wildman–Crippen MR) is 119 cm³/mol. The van der Waals surface area contributed by atoms with Crippen molar-refractivity contribution in [3.8, 4) is 11.6 Å². The van der Waals surface area contributed by atoms with Crippen molar-refractivity contribution in [3.05, 3.63) is 77.4 Å². The average Bonchev–Trinajstić information content (AvgIpc) is 3.59. The van der Waals surface area contributed by atoms with Gasteiger partial charge in [-0.25, -0.2) is 9.69 Å². The van der Waals surface area contributed by atoms with Crippen molar-refractivity contribution < 1.29 is 13.6 Å². The summed E-state index contributed by atoms with van der Waals surface area (Å²) in [6.07, 6.45) is 3.64. The molecule has 1 atom stereocenters. The van der Waals surface area contributed by atoms with Gasteiger partial charge in [0.15, 0.2) is 5.76 Å². The molecule has 4 heterocycles. The summed E-state index contributed by atoms with van der Waals surface area (Å²) in [5.74, 6) is 7.48. The third kappa shape index (κ3) is 3.90. The molecule has 1 aliphatic rings. The summed E-state index contributed by atoms with van der Waals surface area (Å²) in [4.78, 5) is 13.1. The van der Waals surface area contributed by atoms with Gasteiger partial charge in [-0.1, -0.05) is 35.5 Å². The Bertz CT molecular complexity index is 1250. The Hall–Kier alpha value is -3.50. The zero-order chi connectivity index (χ0) is 22.1. The second kappa shape index (κ2) is 8.56. The Kier molecular flexibility index (Phi) is 5.46. The van der Waals surface area contributed by atoms with Gasteiger partial charge in [0.05, 0.1) is 24.0 Å². The summed E-state index contributed by atoms with van der Waals surface area (Å²) in [5, 5.41) is 15.2. The molecule has 32 heavy (non-hydrogen) atoms. The van der Waals surface area contributed by atoms with Crippen LogP contribution in [-0.4, -0.2) is 37.3 Å². The summed E-state index contributed by atoms with van der Waals surface area (Å²) >= 11 is 7.18. The lowest BCUT2D eigenvalue weighted by atomic mass is 10.0. The van der Waals surface area contributed by atoms with Gasteiger partial charge >= 0.3 is 0 Å². The molecule has 11 heteroatoms. The Morgan fingerprint density at radius 2 is 1.91 bits per heavy atom. The molecule has 0 bridgehead atoms. The SMILES string of the molecule is Nn1c(SCC(=O)N2N=C(c3ccc(Cl)cc3)C[C@@H]2c2ccco2)nnc1-c1ccco1. The molecule has 1 amide bonds. The van der Waals surface area contributed by atoms with Gasteiger partial charge in [-0.05, 0) is 42.0 Å². The zero-order valence-corrected chi connectivity index (χ0v) is 18.2. The number of furan rings is 2. The van der Waals surface area contributed by atoms with E-state index in [1.165, 1.54) is 27.7 Å². The number of carbonyl (C=O) groups is 1. The lowest BCUT2D eigenvalue weighted by Gasteiger charge is -2.19. The third-order valence-electron chi connectivity index (χ3n) is 4.95. The van der Waals surface area contributed by atoms with E-state index >= 15 is 0 Å². The van der Waals surface area contributed by atoms with E-state index in [2.05, 4.69) is 15.3 Å². The van der Waals surface area contributed by atoms with Crippen molar-refractivity contribution in [2.75, 3.05) is 11.6 Å². The molecule has 162 valence electrons. The quantitative estimate of drug-likeness (QED) is 0.336. The number of nitrogen functional groups attached to an aromatic ring is 1. The van der Waals surface area contributed by atoms with E-state index in [1.807, 2.05) is 18.2 Å². The van der Waals surface area contributed by atoms with Gasteiger partial charge in [-0.3, -0.25) is 4.79 Å². The fourth-order valence-corrected chi connectivity index (χ4v) is 4.24. The molecule has 0 unspecified atom stereocenters. The van der Waals surface area contributed by atoms with Gasteiger partial charge in [0.25, 0.3) is 5.91 Å². The van der Waals surface area contributed by atoms with Gasteiger partial charge in [-0.15, -0.1) is 10.2 Å². The largest absolute Gasteiger partial charge is 0.467 e. The number of nitrogens with two attached hydrogens (primary N) is 1. The van der Waals surface area contributed by atoms with E-state index < -0.39 is 0 Å². The van der Waals surface area contributed by atoms with Crippen LogP contribution in [0, 0.1) is 0 Å². The van der Waals surface area contributed by atoms with Crippen molar-refractivity contribution in [3.63, 3.8) is 0 Å². The number of carbonyl (C=O) groups excluding carboxylic acids is 1. The van der Waals surface area contributed by atoms with Crippen LogP contribution in [0.2, 0.25) is 5.02 Å². The first-order valence-electron chi connectivity index (χ1n) is 9.66. The minimum Gasteiger partial charge on any atom is -0.467 e. The molecule has 0 fully saturated rings. The molecule has 1 aliphatic heterocycles. The standard InChI is InChI=1S/C21H17ClN6O3S/c22-14-7-5-13(6-8-14)15-11-16(17-3-1-9-30-17)28(26-15)19(29)12-32-21-25-24-20(27(21)23)18-4-2-10-31-18/h1-10,16H,11-12,23H2/t16-/m1/s1. The highest BCUT2D eigenvalue weighted by Gasteiger charge is 2.35. The number of hydrazone groups is 1. The molecule has 0 saturated carbocycles. The van der Waals surface area contributed by atoms with E-state index in [1.54, 1.807) is 36.6 Å². The Balaban J connectivity index is 1.35. The van der Waals surface area contributed by atoms with Crippen molar-refractivity contribution in [1.29, 1.82) is 0 Å². The zero-order valence-electron chi connectivity index (χ0n) is 16.6. The number of thioether (sulfide) groups is 1. The smallest absolute Gasteiger partial charge is 0.253 e. The Morgan fingerprint density at radius 3 is 2.62 bits per heavy atom. The number of aromatic nitrogens is 3. The summed E-state index contributed by atoms with van der Waals surface area (Å²) < 4.78 is 12.2. The van der Waals surface area contributed by atoms with Crippen LogP contribution in [0.15, 0.2) is 80.1 Å². The second-order valence-electron chi connectivity index (χ2n) is 6.97. The first-order valence-corrected chi connectivity index (χ1v) is 11.0. The molecule has 4 aromatic rings. The van der Waals surface area contributed by atoms with Gasteiger partial charge in [0, 0.05) is 11.4 Å². The van der Waals surface area contributed by atoms with Gasteiger partial charge in [-0.2, -0.15) is 5.10 Å². The van der Waals surface area contributed by atoms with Gasteiger partial charge < -0.3 is 14.7 Å². The maximum absolute atomic E-state index is 13.1. The van der Waals surface area contributed by atoms with Crippen molar-refractivity contribution >= 4 is 35.0 Å². The molecule has 2 N–H and O–H groups in total. The van der Waals surface area contributed by atoms with Crippen LogP contribution in [0.4, 0.5) is 0 Å². The van der Waals surface area contributed by atoms with Crippen LogP contribution in [0.25, 0.3) is 11.6 Å². The summed E-state index contributed by atoms with van der Waals surface area (Å²) in [6.45, 7) is 0. The van der Waals surface area contributed by atoms with Gasteiger partial charge in [0.1, 0.15) is 11.8 Å². The van der Waals surface area contributed by atoms with E-state index in [9.17, 15) is 4.79 Å². The van der Waals surface area contributed by atoms with Crippen molar-refractivity contribution in [2.45, 2.75) is 17.6 Å². The highest BCUT2D eigenvalue weighted by atomic mass is 35.5. The highest BCUT2D eigenvalue weighted by Crippen LogP contribution is 2.34. The molecular formula is C21H17ClN6O3S. The maximum Gasteiger partial charge on any atom is 0.253 e. The molecule has 3 aromatic heterocycles. The molecule has 0 radical (unpaired) electrons. The Labute approximate surface area is 191 Å². The molecule has 1 aromatic carbocycles. The first-order chi connectivity index (χ1) is 15.6. The van der Waals surface area contributed by atoms with Gasteiger partial charge in [0.2, 0.25) is 11.0 Å². The van der Waals surface area contributed by atoms with Crippen LogP contribution in [-0.2, 0) is 4.79 Å². The number of nitrogens with zero attached hydrogens (tertiary/aromatic N) is 5. The van der Waals surface area contributed by atoms with Crippen LogP contribution >= 0.6 is 23.4 Å². The number of halogens is 1. The molecule has 0 aliphatic carbocycles. The van der Waals surface area contributed by atoms with Crippen molar-refractivity contribution in [1.82, 2.24) is 19.9 Å². The number of benzene rings is 1. The normalized spacial score (nSPS) is 15.8. The molecular weight excluding hydrogens is 452 g/mol. The highest BCUT2D eigenvalue weighted by molar-refractivity contribution is 7.99. The van der Waals surface area contributed by atoms with Crippen LogP contribution in [0.3, 0.4) is 0 Å².